The molecule has 0 bridgehead atoms. The molecule has 1 N–H and O–H groups in total. The van der Waals surface area contributed by atoms with Gasteiger partial charge in [-0.05, 0) is 48.9 Å². The third-order valence-corrected chi connectivity index (χ3v) is 6.18. The number of carbonyl (C=O) groups excluding carboxylic acids is 3. The van der Waals surface area contributed by atoms with Gasteiger partial charge >= 0.3 is 0 Å². The number of halogens is 1. The summed E-state index contributed by atoms with van der Waals surface area (Å²) in [7, 11) is -2.23. The van der Waals surface area contributed by atoms with Crippen molar-refractivity contribution >= 4 is 33.2 Å². The fourth-order valence-corrected chi connectivity index (χ4v) is 4.16. The number of benzene rings is 2. The first-order chi connectivity index (χ1) is 13.2. The molecule has 0 aromatic heterocycles. The van der Waals surface area contributed by atoms with E-state index in [4.69, 9.17) is 0 Å². The van der Waals surface area contributed by atoms with Crippen LogP contribution in [0, 0.1) is 5.82 Å². The van der Waals surface area contributed by atoms with Crippen LogP contribution in [0.1, 0.15) is 33.6 Å². The second kappa shape index (κ2) is 7.51. The minimum atomic E-state index is -3.61. The first kappa shape index (κ1) is 19.7. The summed E-state index contributed by atoms with van der Waals surface area (Å²) in [6.45, 7) is 0. The van der Waals surface area contributed by atoms with Crippen molar-refractivity contribution < 1.29 is 27.2 Å². The maximum absolute atomic E-state index is 12.9. The van der Waals surface area contributed by atoms with Crippen LogP contribution in [0.25, 0.3) is 0 Å². The van der Waals surface area contributed by atoms with Crippen LogP contribution in [0.5, 0.6) is 0 Å². The second-order valence-corrected chi connectivity index (χ2v) is 8.46. The Balaban J connectivity index is 1.58. The standard InChI is InChI=1S/C19H17FN2O5S/c1-22-18(24)15-9-6-13(11-16(15)19(22)25)21-17(23)3-2-10-28(26,27)14-7-4-12(20)5-8-14/h4-9,11H,2-3,10H2,1H3,(H,21,23). The smallest absolute Gasteiger partial charge is 0.261 e. The number of nitrogens with one attached hydrogen (secondary N) is 1. The van der Waals surface area contributed by atoms with E-state index in [0.717, 1.165) is 17.0 Å². The summed E-state index contributed by atoms with van der Waals surface area (Å²) in [5.74, 6) is -2.04. The van der Waals surface area contributed by atoms with Gasteiger partial charge in [0, 0.05) is 19.2 Å². The number of hydrogen-bond donors (Lipinski definition) is 1. The maximum Gasteiger partial charge on any atom is 0.261 e. The number of nitrogens with zero attached hydrogens (tertiary/aromatic N) is 1. The number of rotatable bonds is 6. The zero-order chi connectivity index (χ0) is 20.5. The lowest BCUT2D eigenvalue weighted by Gasteiger charge is -2.07. The molecule has 0 spiro atoms. The largest absolute Gasteiger partial charge is 0.326 e. The highest BCUT2D eigenvalue weighted by molar-refractivity contribution is 7.91. The molecule has 0 saturated carbocycles. The van der Waals surface area contributed by atoms with Crippen molar-refractivity contribution in [1.29, 1.82) is 0 Å². The van der Waals surface area contributed by atoms with Crippen LogP contribution in [0.4, 0.5) is 10.1 Å². The van der Waals surface area contributed by atoms with E-state index in [0.29, 0.717) is 5.69 Å². The van der Waals surface area contributed by atoms with Crippen molar-refractivity contribution in [2.45, 2.75) is 17.7 Å². The van der Waals surface area contributed by atoms with Gasteiger partial charge in [-0.3, -0.25) is 19.3 Å². The molecule has 0 aliphatic carbocycles. The number of amides is 3. The highest BCUT2D eigenvalue weighted by Crippen LogP contribution is 2.25. The van der Waals surface area contributed by atoms with Gasteiger partial charge in [0.15, 0.2) is 9.84 Å². The molecule has 1 heterocycles. The van der Waals surface area contributed by atoms with Gasteiger partial charge < -0.3 is 5.32 Å². The van der Waals surface area contributed by atoms with Crippen LogP contribution in [0.15, 0.2) is 47.4 Å². The van der Waals surface area contributed by atoms with Gasteiger partial charge in [-0.1, -0.05) is 0 Å². The van der Waals surface area contributed by atoms with Crippen molar-refractivity contribution in [2.24, 2.45) is 0 Å². The Hall–Kier alpha value is -3.07. The van der Waals surface area contributed by atoms with E-state index in [-0.39, 0.29) is 34.6 Å². The van der Waals surface area contributed by atoms with Crippen molar-refractivity contribution in [3.8, 4) is 0 Å². The molecular weight excluding hydrogens is 387 g/mol. The molecule has 2 aromatic carbocycles. The fourth-order valence-electron chi connectivity index (χ4n) is 2.85. The Morgan fingerprint density at radius 1 is 1.04 bits per heavy atom. The van der Waals surface area contributed by atoms with Crippen LogP contribution >= 0.6 is 0 Å². The van der Waals surface area contributed by atoms with Crippen LogP contribution in [0.2, 0.25) is 0 Å². The van der Waals surface area contributed by atoms with E-state index < -0.39 is 33.4 Å². The summed E-state index contributed by atoms with van der Waals surface area (Å²) in [5.41, 5.74) is 0.835. The third kappa shape index (κ3) is 3.94. The van der Waals surface area contributed by atoms with Gasteiger partial charge in [-0.2, -0.15) is 0 Å². The number of sulfone groups is 1. The number of fused-ring (bicyclic) bond motifs is 1. The van der Waals surface area contributed by atoms with Crippen molar-refractivity contribution in [3.05, 3.63) is 59.4 Å². The number of carbonyl (C=O) groups is 3. The molecule has 9 heteroatoms. The van der Waals surface area contributed by atoms with Gasteiger partial charge in [0.2, 0.25) is 5.91 Å². The van der Waals surface area contributed by atoms with Gasteiger partial charge in [0.1, 0.15) is 5.82 Å². The van der Waals surface area contributed by atoms with Crippen LogP contribution in [-0.2, 0) is 14.6 Å². The summed E-state index contributed by atoms with van der Waals surface area (Å²) in [6.07, 6.45) is 0.0287. The van der Waals surface area contributed by atoms with E-state index in [1.807, 2.05) is 0 Å². The Morgan fingerprint density at radius 2 is 1.68 bits per heavy atom. The van der Waals surface area contributed by atoms with Gasteiger partial charge in [0.25, 0.3) is 11.8 Å². The molecule has 1 aliphatic heterocycles. The average molecular weight is 404 g/mol. The van der Waals surface area contributed by atoms with E-state index in [1.54, 1.807) is 0 Å². The van der Waals surface area contributed by atoms with E-state index in [2.05, 4.69) is 5.32 Å². The Kier molecular flexibility index (Phi) is 5.28. The zero-order valence-corrected chi connectivity index (χ0v) is 15.8. The van der Waals surface area contributed by atoms with Crippen LogP contribution in [-0.4, -0.2) is 43.8 Å². The predicted octanol–water partition coefficient (Wildman–Crippen LogP) is 2.24. The number of hydrogen-bond acceptors (Lipinski definition) is 5. The SMILES string of the molecule is CN1C(=O)c2ccc(NC(=O)CCCS(=O)(=O)c3ccc(F)cc3)cc2C1=O. The summed E-state index contributed by atoms with van der Waals surface area (Å²) in [6, 6.07) is 8.90. The summed E-state index contributed by atoms with van der Waals surface area (Å²) in [4.78, 5) is 36.9. The van der Waals surface area contributed by atoms with Gasteiger partial charge in [0.05, 0.1) is 21.8 Å². The maximum atomic E-state index is 12.9. The lowest BCUT2D eigenvalue weighted by Crippen LogP contribution is -2.24. The number of anilines is 1. The quantitative estimate of drug-likeness (QED) is 0.588. The molecule has 28 heavy (non-hydrogen) atoms. The van der Waals surface area contributed by atoms with Crippen LogP contribution in [0.3, 0.4) is 0 Å². The van der Waals surface area contributed by atoms with Crippen molar-refractivity contribution in [1.82, 2.24) is 4.90 Å². The average Bonchev–Trinajstić information content (AvgIpc) is 2.86. The predicted molar refractivity (Wildman–Crippen MR) is 99.2 cm³/mol. The Bertz CT molecular complexity index is 1060. The molecule has 7 nitrogen and oxygen atoms in total. The van der Waals surface area contributed by atoms with E-state index >= 15 is 0 Å². The summed E-state index contributed by atoms with van der Waals surface area (Å²) >= 11 is 0. The Labute approximate surface area is 161 Å². The molecule has 146 valence electrons. The molecule has 3 rings (SSSR count). The minimum absolute atomic E-state index is 0.000213. The minimum Gasteiger partial charge on any atom is -0.326 e. The lowest BCUT2D eigenvalue weighted by atomic mass is 10.1. The van der Waals surface area contributed by atoms with E-state index in [9.17, 15) is 27.2 Å². The van der Waals surface area contributed by atoms with Crippen molar-refractivity contribution in [2.75, 3.05) is 18.1 Å². The molecule has 0 unspecified atom stereocenters. The molecule has 0 fully saturated rings. The molecule has 0 atom stereocenters. The highest BCUT2D eigenvalue weighted by atomic mass is 32.2. The normalized spacial score (nSPS) is 13.6. The highest BCUT2D eigenvalue weighted by Gasteiger charge is 2.32. The molecule has 3 amide bonds. The van der Waals surface area contributed by atoms with E-state index in [1.165, 1.54) is 37.4 Å². The first-order valence-corrected chi connectivity index (χ1v) is 10.1. The second-order valence-electron chi connectivity index (χ2n) is 6.35. The first-order valence-electron chi connectivity index (χ1n) is 8.43. The lowest BCUT2D eigenvalue weighted by molar-refractivity contribution is -0.116. The summed E-state index contributed by atoms with van der Waals surface area (Å²) in [5, 5.41) is 2.59. The topological polar surface area (TPSA) is 101 Å². The molecule has 0 saturated heterocycles. The monoisotopic (exact) mass is 404 g/mol. The summed E-state index contributed by atoms with van der Waals surface area (Å²) < 4.78 is 37.3. The molecule has 2 aromatic rings. The van der Waals surface area contributed by atoms with Crippen LogP contribution < -0.4 is 5.32 Å². The molecule has 0 radical (unpaired) electrons. The van der Waals surface area contributed by atoms with Crippen molar-refractivity contribution in [3.63, 3.8) is 0 Å². The van der Waals surface area contributed by atoms with Gasteiger partial charge in [-0.15, -0.1) is 0 Å². The van der Waals surface area contributed by atoms with Gasteiger partial charge in [-0.25, -0.2) is 12.8 Å². The third-order valence-electron chi connectivity index (χ3n) is 4.36. The fraction of sp³-hybridized carbons (Fsp3) is 0.211. The number of imide groups is 1. The Morgan fingerprint density at radius 3 is 2.36 bits per heavy atom. The zero-order valence-electron chi connectivity index (χ0n) is 14.9. The molecule has 1 aliphatic rings. The molecular formula is C19H17FN2O5S.